The molecular weight excluding hydrogens is 460 g/mol. The zero-order valence-corrected chi connectivity index (χ0v) is 20.7. The normalized spacial score (nSPS) is 25.6. The van der Waals surface area contributed by atoms with E-state index in [1.165, 1.54) is 18.0 Å². The molecule has 3 atom stereocenters. The van der Waals surface area contributed by atoms with Crippen molar-refractivity contribution in [1.82, 2.24) is 20.4 Å². The second-order valence-electron chi connectivity index (χ2n) is 10.2. The largest absolute Gasteiger partial charge is 0.436 e. The first-order valence-electron chi connectivity index (χ1n) is 12.6. The fraction of sp³-hybridized carbons (Fsp3) is 0.481. The van der Waals surface area contributed by atoms with Crippen molar-refractivity contribution in [3.05, 3.63) is 59.3 Å². The molecule has 190 valence electrons. The summed E-state index contributed by atoms with van der Waals surface area (Å²) in [6.07, 6.45) is 5.88. The molecule has 1 aromatic rings. The lowest BCUT2D eigenvalue weighted by molar-refractivity contribution is -0.135. The summed E-state index contributed by atoms with van der Waals surface area (Å²) in [5.74, 6) is -0.124. The SMILES string of the molecule is CNC(=O)NC1=CC(=O)C2CC[C@@]3(CN(CC(=O)N(Cc4ccccc4)[C@@H](C)C4CC4)C(=O)O3)C2=C1. The van der Waals surface area contributed by atoms with Gasteiger partial charge < -0.3 is 20.3 Å². The summed E-state index contributed by atoms with van der Waals surface area (Å²) in [6, 6.07) is 9.52. The lowest BCUT2D eigenvalue weighted by atomic mass is 9.86. The maximum atomic E-state index is 13.5. The molecule has 1 aliphatic heterocycles. The van der Waals surface area contributed by atoms with E-state index >= 15 is 0 Å². The molecule has 9 nitrogen and oxygen atoms in total. The molecule has 4 amide bonds. The molecular formula is C27H32N4O5. The average molecular weight is 493 g/mol. The van der Waals surface area contributed by atoms with Crippen molar-refractivity contribution in [3.8, 4) is 0 Å². The van der Waals surface area contributed by atoms with Crippen LogP contribution in [0.1, 0.15) is 38.2 Å². The maximum Gasteiger partial charge on any atom is 0.411 e. The minimum Gasteiger partial charge on any atom is -0.436 e. The fourth-order valence-corrected chi connectivity index (χ4v) is 5.62. The van der Waals surface area contributed by atoms with Gasteiger partial charge in [0.05, 0.1) is 6.54 Å². The third kappa shape index (κ3) is 4.62. The molecule has 2 saturated carbocycles. The van der Waals surface area contributed by atoms with Crippen LogP contribution in [0, 0.1) is 11.8 Å². The van der Waals surface area contributed by atoms with E-state index in [1.54, 1.807) is 6.08 Å². The van der Waals surface area contributed by atoms with Crippen LogP contribution in [0.5, 0.6) is 0 Å². The van der Waals surface area contributed by atoms with E-state index in [4.69, 9.17) is 4.74 Å². The number of hydrogen-bond acceptors (Lipinski definition) is 5. The van der Waals surface area contributed by atoms with Crippen LogP contribution in [0.3, 0.4) is 0 Å². The van der Waals surface area contributed by atoms with Gasteiger partial charge in [-0.25, -0.2) is 9.59 Å². The van der Waals surface area contributed by atoms with Crippen LogP contribution in [-0.4, -0.2) is 65.4 Å². The fourth-order valence-electron chi connectivity index (χ4n) is 5.62. The predicted molar refractivity (Wildman–Crippen MR) is 131 cm³/mol. The van der Waals surface area contributed by atoms with E-state index in [0.717, 1.165) is 18.4 Å². The Kier molecular flexibility index (Phi) is 6.32. The number of amides is 4. The summed E-state index contributed by atoms with van der Waals surface area (Å²) >= 11 is 0. The molecule has 3 aliphatic carbocycles. The molecule has 2 N–H and O–H groups in total. The van der Waals surface area contributed by atoms with Crippen molar-refractivity contribution < 1.29 is 23.9 Å². The highest BCUT2D eigenvalue weighted by Crippen LogP contribution is 2.48. The van der Waals surface area contributed by atoms with Crippen LogP contribution in [-0.2, 0) is 20.9 Å². The minimum atomic E-state index is -0.964. The first-order chi connectivity index (χ1) is 17.3. The Balaban J connectivity index is 1.32. The molecule has 0 aromatic heterocycles. The van der Waals surface area contributed by atoms with Crippen LogP contribution in [0.2, 0.25) is 0 Å². The number of ether oxygens (including phenoxy) is 1. The van der Waals surface area contributed by atoms with Gasteiger partial charge in [0.1, 0.15) is 6.54 Å². The first-order valence-corrected chi connectivity index (χ1v) is 12.6. The Morgan fingerprint density at radius 1 is 1.17 bits per heavy atom. The zero-order valence-electron chi connectivity index (χ0n) is 20.7. The second kappa shape index (κ2) is 9.44. The van der Waals surface area contributed by atoms with Crippen LogP contribution < -0.4 is 10.6 Å². The first kappa shape index (κ1) is 24.1. The highest BCUT2D eigenvalue weighted by Gasteiger charge is 2.56. The minimum absolute atomic E-state index is 0.0739. The number of rotatable bonds is 7. The molecule has 0 bridgehead atoms. The van der Waals surface area contributed by atoms with Crippen molar-refractivity contribution in [2.24, 2.45) is 11.8 Å². The standard InChI is InChI=1S/C27H32N4O5/c1-17(19-8-9-19)31(14-18-6-4-3-5-7-18)24(33)15-30-16-27(36-26(30)35)11-10-21-22(27)12-20(13-23(21)32)29-25(34)28-2/h3-7,12-13,17,19,21H,8-11,14-16H2,1-2H3,(H2,28,29,34)/t17-,21?,27+/m0/s1. The van der Waals surface area contributed by atoms with Gasteiger partial charge in [0.2, 0.25) is 5.91 Å². The van der Waals surface area contributed by atoms with Crippen molar-refractivity contribution in [2.75, 3.05) is 20.1 Å². The quantitative estimate of drug-likeness (QED) is 0.609. The van der Waals surface area contributed by atoms with E-state index < -0.39 is 17.7 Å². The molecule has 9 heteroatoms. The van der Waals surface area contributed by atoms with E-state index in [2.05, 4.69) is 17.6 Å². The Bertz CT molecular complexity index is 1140. The van der Waals surface area contributed by atoms with Crippen LogP contribution in [0.4, 0.5) is 9.59 Å². The van der Waals surface area contributed by atoms with E-state index in [-0.39, 0.29) is 36.7 Å². The van der Waals surface area contributed by atoms with Gasteiger partial charge in [-0.15, -0.1) is 0 Å². The van der Waals surface area contributed by atoms with Gasteiger partial charge in [0, 0.05) is 37.3 Å². The van der Waals surface area contributed by atoms with Gasteiger partial charge in [-0.3, -0.25) is 14.5 Å². The highest BCUT2D eigenvalue weighted by molar-refractivity contribution is 5.98. The summed E-state index contributed by atoms with van der Waals surface area (Å²) in [7, 11) is 1.49. The van der Waals surface area contributed by atoms with Gasteiger partial charge in [-0.05, 0) is 55.7 Å². The summed E-state index contributed by atoms with van der Waals surface area (Å²) in [5.41, 5.74) is 1.14. The smallest absolute Gasteiger partial charge is 0.411 e. The number of fused-ring (bicyclic) bond motifs is 2. The average Bonchev–Trinajstić information content (AvgIpc) is 3.59. The molecule has 0 radical (unpaired) electrons. The molecule has 3 fully saturated rings. The summed E-state index contributed by atoms with van der Waals surface area (Å²) < 4.78 is 5.88. The number of allylic oxidation sites excluding steroid dienone is 2. The molecule has 1 aromatic carbocycles. The van der Waals surface area contributed by atoms with Crippen molar-refractivity contribution in [2.45, 2.75) is 50.8 Å². The molecule has 4 aliphatic rings. The number of nitrogens with zero attached hydrogens (tertiary/aromatic N) is 2. The molecule has 1 heterocycles. The zero-order chi connectivity index (χ0) is 25.4. The highest BCUT2D eigenvalue weighted by atomic mass is 16.6. The molecule has 1 spiro atoms. The third-order valence-corrected chi connectivity index (χ3v) is 7.80. The van der Waals surface area contributed by atoms with Gasteiger partial charge >= 0.3 is 12.1 Å². The predicted octanol–water partition coefficient (Wildman–Crippen LogP) is 2.74. The number of nitrogens with one attached hydrogen (secondary N) is 2. The van der Waals surface area contributed by atoms with Crippen molar-refractivity contribution in [3.63, 3.8) is 0 Å². The number of urea groups is 1. The molecule has 1 unspecified atom stereocenters. The van der Waals surface area contributed by atoms with E-state index in [1.807, 2.05) is 35.2 Å². The van der Waals surface area contributed by atoms with Crippen molar-refractivity contribution in [1.29, 1.82) is 0 Å². The number of carbonyl (C=O) groups excluding carboxylic acids is 4. The van der Waals surface area contributed by atoms with E-state index in [0.29, 0.717) is 36.6 Å². The van der Waals surface area contributed by atoms with Crippen molar-refractivity contribution >= 4 is 23.8 Å². The topological polar surface area (TPSA) is 108 Å². The lowest BCUT2D eigenvalue weighted by Crippen LogP contribution is -2.46. The molecule has 1 saturated heterocycles. The summed E-state index contributed by atoms with van der Waals surface area (Å²) in [6.45, 7) is 2.70. The summed E-state index contributed by atoms with van der Waals surface area (Å²) in [4.78, 5) is 54.3. The monoisotopic (exact) mass is 492 g/mol. The number of ketones is 1. The molecule has 5 rings (SSSR count). The van der Waals surface area contributed by atoms with Crippen LogP contribution >= 0.6 is 0 Å². The lowest BCUT2D eigenvalue weighted by Gasteiger charge is -2.31. The maximum absolute atomic E-state index is 13.5. The Morgan fingerprint density at radius 3 is 2.61 bits per heavy atom. The van der Waals surface area contributed by atoms with Gasteiger partial charge in [-0.1, -0.05) is 30.3 Å². The van der Waals surface area contributed by atoms with Gasteiger partial charge in [-0.2, -0.15) is 0 Å². The van der Waals surface area contributed by atoms with Gasteiger partial charge in [0.15, 0.2) is 11.4 Å². The number of hydrogen-bond donors (Lipinski definition) is 2. The Labute approximate surface area is 210 Å². The summed E-state index contributed by atoms with van der Waals surface area (Å²) in [5, 5.41) is 5.10. The van der Waals surface area contributed by atoms with Crippen LogP contribution in [0.15, 0.2) is 53.8 Å². The Hall–Kier alpha value is -3.62. The van der Waals surface area contributed by atoms with E-state index in [9.17, 15) is 19.2 Å². The second-order valence-corrected chi connectivity index (χ2v) is 10.2. The molecule has 36 heavy (non-hydrogen) atoms. The Morgan fingerprint density at radius 2 is 1.92 bits per heavy atom. The van der Waals surface area contributed by atoms with Crippen LogP contribution in [0.25, 0.3) is 0 Å². The number of carbonyl (C=O) groups is 4. The van der Waals surface area contributed by atoms with Gasteiger partial charge in [0.25, 0.3) is 0 Å². The third-order valence-electron chi connectivity index (χ3n) is 7.80. The number of benzene rings is 1.